The van der Waals surface area contributed by atoms with Gasteiger partial charge in [-0.25, -0.2) is 12.8 Å². The van der Waals surface area contributed by atoms with Gasteiger partial charge in [-0.05, 0) is 61.7 Å². The molecule has 0 aliphatic heterocycles. The maximum atomic E-state index is 14.1. The fourth-order valence-electron chi connectivity index (χ4n) is 3.45. The molecule has 1 amide bonds. The van der Waals surface area contributed by atoms with E-state index in [0.717, 1.165) is 18.4 Å². The van der Waals surface area contributed by atoms with E-state index in [1.807, 2.05) is 13.0 Å². The summed E-state index contributed by atoms with van der Waals surface area (Å²) < 4.78 is 42.4. The first-order chi connectivity index (χ1) is 14.8. The largest absolute Gasteiger partial charge is 0.331 e. The van der Waals surface area contributed by atoms with Gasteiger partial charge < -0.3 is 4.90 Å². The Morgan fingerprint density at radius 2 is 1.77 bits per heavy atom. The molecule has 1 fully saturated rings. The van der Waals surface area contributed by atoms with E-state index in [-0.39, 0.29) is 34.8 Å². The first-order valence-electron chi connectivity index (χ1n) is 10.1. The summed E-state index contributed by atoms with van der Waals surface area (Å²) in [7, 11) is -3.86. The van der Waals surface area contributed by atoms with E-state index < -0.39 is 10.0 Å². The van der Waals surface area contributed by atoms with Gasteiger partial charge in [-0.3, -0.25) is 9.52 Å². The van der Waals surface area contributed by atoms with Gasteiger partial charge in [0.25, 0.3) is 15.9 Å². The number of anilines is 1. The van der Waals surface area contributed by atoms with Gasteiger partial charge in [-0.15, -0.1) is 0 Å². The minimum Gasteiger partial charge on any atom is -0.331 e. The van der Waals surface area contributed by atoms with Gasteiger partial charge in [0.1, 0.15) is 5.82 Å². The number of halogens is 1. The zero-order valence-electron chi connectivity index (χ0n) is 17.1. The summed E-state index contributed by atoms with van der Waals surface area (Å²) in [5, 5.41) is 0. The Hall–Kier alpha value is -3.19. The Balaban J connectivity index is 1.59. The molecule has 1 saturated carbocycles. The highest BCUT2D eigenvalue weighted by molar-refractivity contribution is 7.92. The smallest absolute Gasteiger partial charge is 0.261 e. The van der Waals surface area contributed by atoms with Crippen molar-refractivity contribution in [2.45, 2.75) is 37.2 Å². The van der Waals surface area contributed by atoms with Crippen LogP contribution in [0.25, 0.3) is 0 Å². The standard InChI is InChI=1S/C24H23FN2O3S/c1-17-6-4-9-20(14-17)26-31(29,30)22-10-5-8-18(15-22)24(28)27(21-12-13-21)16-19-7-2-3-11-23(19)25/h2-11,14-15,21,26H,12-13,16H2,1H3. The lowest BCUT2D eigenvalue weighted by Gasteiger charge is -2.23. The molecular weight excluding hydrogens is 415 g/mol. The highest BCUT2D eigenvalue weighted by Gasteiger charge is 2.34. The summed E-state index contributed by atoms with van der Waals surface area (Å²) in [6, 6.07) is 19.4. The molecule has 0 heterocycles. The summed E-state index contributed by atoms with van der Waals surface area (Å²) in [6.45, 7) is 2.02. The number of amides is 1. The van der Waals surface area contributed by atoms with E-state index >= 15 is 0 Å². The molecule has 0 unspecified atom stereocenters. The molecule has 160 valence electrons. The first-order valence-corrected chi connectivity index (χ1v) is 11.6. The van der Waals surface area contributed by atoms with Crippen LogP contribution >= 0.6 is 0 Å². The Bertz CT molecular complexity index is 1220. The van der Waals surface area contributed by atoms with E-state index in [2.05, 4.69) is 4.72 Å². The Kier molecular flexibility index (Phi) is 5.78. The quantitative estimate of drug-likeness (QED) is 0.579. The van der Waals surface area contributed by atoms with Crippen molar-refractivity contribution in [2.75, 3.05) is 4.72 Å². The maximum Gasteiger partial charge on any atom is 0.261 e. The van der Waals surface area contributed by atoms with Gasteiger partial charge >= 0.3 is 0 Å². The molecule has 0 bridgehead atoms. The van der Waals surface area contributed by atoms with Gasteiger partial charge in [0.2, 0.25) is 0 Å². The van der Waals surface area contributed by atoms with Crippen LogP contribution in [0.4, 0.5) is 10.1 Å². The van der Waals surface area contributed by atoms with Crippen molar-refractivity contribution in [3.63, 3.8) is 0 Å². The highest BCUT2D eigenvalue weighted by Crippen LogP contribution is 2.30. The third-order valence-corrected chi connectivity index (χ3v) is 6.59. The summed E-state index contributed by atoms with van der Waals surface area (Å²) in [5.74, 6) is -0.669. The molecule has 3 aromatic carbocycles. The average Bonchev–Trinajstić information content (AvgIpc) is 3.58. The second-order valence-corrected chi connectivity index (χ2v) is 9.44. The molecule has 0 radical (unpaired) electrons. The predicted octanol–water partition coefficient (Wildman–Crippen LogP) is 4.74. The summed E-state index contributed by atoms with van der Waals surface area (Å²) in [4.78, 5) is 14.8. The lowest BCUT2D eigenvalue weighted by Crippen LogP contribution is -2.33. The number of nitrogens with one attached hydrogen (secondary N) is 1. The van der Waals surface area contributed by atoms with Gasteiger partial charge in [0.15, 0.2) is 0 Å². The molecule has 5 nitrogen and oxygen atoms in total. The number of carbonyl (C=O) groups excluding carboxylic acids is 1. The number of benzene rings is 3. The number of sulfonamides is 1. The van der Waals surface area contributed by atoms with Gasteiger partial charge in [-0.2, -0.15) is 0 Å². The van der Waals surface area contributed by atoms with E-state index in [9.17, 15) is 17.6 Å². The van der Waals surface area contributed by atoms with Crippen molar-refractivity contribution in [1.82, 2.24) is 4.90 Å². The molecule has 4 rings (SSSR count). The number of hydrogen-bond donors (Lipinski definition) is 1. The van der Waals surface area contributed by atoms with Crippen molar-refractivity contribution >= 4 is 21.6 Å². The number of nitrogens with zero attached hydrogens (tertiary/aromatic N) is 1. The fourth-order valence-corrected chi connectivity index (χ4v) is 4.54. The lowest BCUT2D eigenvalue weighted by molar-refractivity contribution is 0.0728. The SMILES string of the molecule is Cc1cccc(NS(=O)(=O)c2cccc(C(=O)N(Cc3ccccc3F)C3CC3)c2)c1. The summed E-state index contributed by atoms with van der Waals surface area (Å²) in [6.07, 6.45) is 1.71. The molecule has 0 atom stereocenters. The molecule has 1 aliphatic carbocycles. The second kappa shape index (κ2) is 8.51. The number of rotatable bonds is 7. The van der Waals surface area contributed by atoms with Crippen molar-refractivity contribution in [2.24, 2.45) is 0 Å². The molecule has 31 heavy (non-hydrogen) atoms. The van der Waals surface area contributed by atoms with Crippen molar-refractivity contribution in [3.05, 3.63) is 95.3 Å². The summed E-state index contributed by atoms with van der Waals surface area (Å²) in [5.41, 5.74) is 2.08. The van der Waals surface area contributed by atoms with Crippen LogP contribution in [-0.2, 0) is 16.6 Å². The maximum absolute atomic E-state index is 14.1. The van der Waals surface area contributed by atoms with E-state index in [1.165, 1.54) is 18.2 Å². The Morgan fingerprint density at radius 1 is 1.03 bits per heavy atom. The third kappa shape index (κ3) is 4.94. The zero-order chi connectivity index (χ0) is 22.0. The topological polar surface area (TPSA) is 66.5 Å². The minimum absolute atomic E-state index is 0.00138. The Labute approximate surface area is 181 Å². The van der Waals surface area contributed by atoms with Gasteiger partial charge in [0, 0.05) is 29.4 Å². The predicted molar refractivity (Wildman–Crippen MR) is 118 cm³/mol. The van der Waals surface area contributed by atoms with E-state index in [1.54, 1.807) is 53.4 Å². The highest BCUT2D eigenvalue weighted by atomic mass is 32.2. The van der Waals surface area contributed by atoms with Crippen molar-refractivity contribution in [1.29, 1.82) is 0 Å². The molecule has 1 aliphatic rings. The van der Waals surface area contributed by atoms with Crippen LogP contribution in [-0.4, -0.2) is 25.3 Å². The second-order valence-electron chi connectivity index (χ2n) is 7.76. The van der Waals surface area contributed by atoms with Gasteiger partial charge in [0.05, 0.1) is 4.90 Å². The zero-order valence-corrected chi connectivity index (χ0v) is 17.9. The third-order valence-electron chi connectivity index (χ3n) is 5.21. The van der Waals surface area contributed by atoms with Crippen molar-refractivity contribution < 1.29 is 17.6 Å². The molecule has 7 heteroatoms. The van der Waals surface area contributed by atoms with E-state index in [0.29, 0.717) is 11.3 Å². The first kappa shape index (κ1) is 21.1. The number of aryl methyl sites for hydroxylation is 1. The summed E-state index contributed by atoms with van der Waals surface area (Å²) >= 11 is 0. The van der Waals surface area contributed by atoms with Gasteiger partial charge in [-0.1, -0.05) is 36.4 Å². The average molecular weight is 439 g/mol. The van der Waals surface area contributed by atoms with E-state index in [4.69, 9.17) is 0 Å². The van der Waals surface area contributed by atoms with Crippen LogP contribution in [0.5, 0.6) is 0 Å². The molecule has 0 aromatic heterocycles. The minimum atomic E-state index is -3.86. The number of hydrogen-bond acceptors (Lipinski definition) is 3. The lowest BCUT2D eigenvalue weighted by atomic mass is 10.1. The molecular formula is C24H23FN2O3S. The molecule has 0 spiro atoms. The molecule has 3 aromatic rings. The van der Waals surface area contributed by atoms with Crippen molar-refractivity contribution in [3.8, 4) is 0 Å². The fraction of sp³-hybridized carbons (Fsp3) is 0.208. The van der Waals surface area contributed by atoms with Crippen LogP contribution in [0.3, 0.4) is 0 Å². The molecule has 0 saturated heterocycles. The van der Waals surface area contributed by atoms with Crippen LogP contribution < -0.4 is 4.72 Å². The van der Waals surface area contributed by atoms with Crippen LogP contribution in [0.1, 0.15) is 34.3 Å². The normalized spacial score (nSPS) is 13.6. The van der Waals surface area contributed by atoms with Crippen LogP contribution in [0, 0.1) is 12.7 Å². The Morgan fingerprint density at radius 3 is 2.48 bits per heavy atom. The van der Waals surface area contributed by atoms with Crippen LogP contribution in [0.15, 0.2) is 77.7 Å². The number of carbonyl (C=O) groups is 1. The molecule has 1 N–H and O–H groups in total. The monoisotopic (exact) mass is 438 g/mol. The van der Waals surface area contributed by atoms with Crippen LogP contribution in [0.2, 0.25) is 0 Å².